The summed E-state index contributed by atoms with van der Waals surface area (Å²) in [6.45, 7) is 2.12. The van der Waals surface area contributed by atoms with Gasteiger partial charge in [-0.1, -0.05) is 13.3 Å². The van der Waals surface area contributed by atoms with Crippen molar-refractivity contribution in [2.24, 2.45) is 10.7 Å². The topological polar surface area (TPSA) is 38.4 Å². The molecular weight excluding hydrogens is 239 g/mol. The first-order valence-corrected chi connectivity index (χ1v) is 3.19. The second-order valence-electron chi connectivity index (χ2n) is 1.82. The van der Waals surface area contributed by atoms with Crippen molar-refractivity contribution in [1.82, 2.24) is 0 Å². The molecule has 2 N–H and O–H groups in total. The summed E-state index contributed by atoms with van der Waals surface area (Å²) in [5.41, 5.74) is 6.24. The first-order valence-electron chi connectivity index (χ1n) is 3.19. The van der Waals surface area contributed by atoms with Gasteiger partial charge < -0.3 is 5.73 Å². The minimum atomic E-state index is 0. The Balaban J connectivity index is 0. The molecule has 10 heavy (non-hydrogen) atoms. The Kier molecular flexibility index (Phi) is 11.3. The smallest absolute Gasteiger partial charge is 0.0359 e. The van der Waals surface area contributed by atoms with Crippen LogP contribution in [0.2, 0.25) is 0 Å². The van der Waals surface area contributed by atoms with Crippen molar-refractivity contribution in [3.05, 3.63) is 12.3 Å². The molecule has 60 valence electrons. The number of nitrogens with two attached hydrogens (primary N) is 1. The van der Waals surface area contributed by atoms with Crippen LogP contribution in [0.15, 0.2) is 17.3 Å². The predicted octanol–water partition coefficient (Wildman–Crippen LogP) is 1.95. The molecule has 0 heterocycles. The average Bonchev–Trinajstić information content (AvgIpc) is 1.88. The molecule has 0 aromatic rings. The molecule has 0 amide bonds. The zero-order valence-corrected chi connectivity index (χ0v) is 8.83. The van der Waals surface area contributed by atoms with E-state index < -0.39 is 0 Å². The maximum atomic E-state index is 5.17. The molecule has 2 nitrogen and oxygen atoms in total. The summed E-state index contributed by atoms with van der Waals surface area (Å²) in [6.07, 6.45) is 5.50. The molecule has 0 unspecified atom stereocenters. The molecule has 0 spiro atoms. The zero-order chi connectivity index (χ0) is 7.11. The Labute approximate surface area is 79.6 Å². The van der Waals surface area contributed by atoms with E-state index >= 15 is 0 Å². The van der Waals surface area contributed by atoms with Crippen LogP contribution in [0.4, 0.5) is 0 Å². The van der Waals surface area contributed by atoms with Crippen molar-refractivity contribution < 1.29 is 0 Å². The minimum Gasteiger partial charge on any atom is -0.405 e. The fourth-order valence-electron chi connectivity index (χ4n) is 0.637. The van der Waals surface area contributed by atoms with Gasteiger partial charge in [-0.25, -0.2) is 0 Å². The van der Waals surface area contributed by atoms with Crippen LogP contribution in [-0.2, 0) is 0 Å². The standard InChI is InChI=1S/C7H14N2.HI/c1-3-4-7(9-2)5-6-8;/h5-6H,3-4,8H2,1-2H3;1H/b6-5-,9-7?;. The maximum Gasteiger partial charge on any atom is 0.0359 e. The van der Waals surface area contributed by atoms with Crippen molar-refractivity contribution in [1.29, 1.82) is 0 Å². The molecule has 0 rings (SSSR count). The van der Waals surface area contributed by atoms with Gasteiger partial charge in [0.15, 0.2) is 0 Å². The van der Waals surface area contributed by atoms with Gasteiger partial charge in [0.1, 0.15) is 0 Å². The van der Waals surface area contributed by atoms with Crippen LogP contribution in [0.5, 0.6) is 0 Å². The van der Waals surface area contributed by atoms with E-state index in [1.54, 1.807) is 7.05 Å². The third-order valence-corrected chi connectivity index (χ3v) is 1.08. The van der Waals surface area contributed by atoms with Gasteiger partial charge in [-0.15, -0.1) is 24.0 Å². The van der Waals surface area contributed by atoms with E-state index in [1.807, 2.05) is 6.08 Å². The van der Waals surface area contributed by atoms with Crippen LogP contribution >= 0.6 is 24.0 Å². The van der Waals surface area contributed by atoms with Crippen molar-refractivity contribution in [3.8, 4) is 0 Å². The van der Waals surface area contributed by atoms with Crippen LogP contribution in [0.1, 0.15) is 19.8 Å². The first-order chi connectivity index (χ1) is 4.35. The van der Waals surface area contributed by atoms with Crippen molar-refractivity contribution >= 4 is 29.7 Å². The largest absolute Gasteiger partial charge is 0.405 e. The highest BCUT2D eigenvalue weighted by Gasteiger charge is 1.87. The molecule has 3 heteroatoms. The Morgan fingerprint density at radius 1 is 1.60 bits per heavy atom. The Hall–Kier alpha value is -0.0600. The van der Waals surface area contributed by atoms with Gasteiger partial charge in [0.25, 0.3) is 0 Å². The number of hydrogen-bond donors (Lipinski definition) is 1. The maximum absolute atomic E-state index is 5.17. The summed E-state index contributed by atoms with van der Waals surface area (Å²) < 4.78 is 0. The van der Waals surface area contributed by atoms with Crippen LogP contribution < -0.4 is 5.73 Å². The quantitative estimate of drug-likeness (QED) is 0.606. The molecule has 0 saturated heterocycles. The van der Waals surface area contributed by atoms with E-state index in [0.29, 0.717) is 0 Å². The van der Waals surface area contributed by atoms with Crippen molar-refractivity contribution in [2.75, 3.05) is 7.05 Å². The van der Waals surface area contributed by atoms with Crippen LogP contribution in [0, 0.1) is 0 Å². The lowest BCUT2D eigenvalue weighted by atomic mass is 10.2. The number of hydrogen-bond acceptors (Lipinski definition) is 2. The van der Waals surface area contributed by atoms with Gasteiger partial charge in [0.2, 0.25) is 0 Å². The van der Waals surface area contributed by atoms with Gasteiger partial charge in [-0.3, -0.25) is 4.99 Å². The summed E-state index contributed by atoms with van der Waals surface area (Å²) in [7, 11) is 1.78. The molecule has 0 aliphatic heterocycles. The summed E-state index contributed by atoms with van der Waals surface area (Å²) in [5, 5.41) is 0. The second kappa shape index (κ2) is 8.94. The van der Waals surface area contributed by atoms with Crippen molar-refractivity contribution in [3.63, 3.8) is 0 Å². The SMILES string of the molecule is CCCC(/C=C\N)=NC.I. The Bertz CT molecular complexity index is 119. The second-order valence-corrected chi connectivity index (χ2v) is 1.82. The summed E-state index contributed by atoms with van der Waals surface area (Å²) in [6, 6.07) is 0. The van der Waals surface area contributed by atoms with Gasteiger partial charge in [-0.2, -0.15) is 0 Å². The highest BCUT2D eigenvalue weighted by molar-refractivity contribution is 14.0. The Morgan fingerprint density at radius 3 is 2.50 bits per heavy atom. The van der Waals surface area contributed by atoms with E-state index in [2.05, 4.69) is 11.9 Å². The molecule has 0 bridgehead atoms. The number of aliphatic imine (C=N–C) groups is 1. The monoisotopic (exact) mass is 254 g/mol. The average molecular weight is 254 g/mol. The molecular formula is C7H15IN2. The molecule has 0 saturated carbocycles. The fraction of sp³-hybridized carbons (Fsp3) is 0.571. The number of rotatable bonds is 3. The van der Waals surface area contributed by atoms with Crippen LogP contribution in [0.3, 0.4) is 0 Å². The highest BCUT2D eigenvalue weighted by Crippen LogP contribution is 1.91. The molecule has 0 aromatic heterocycles. The van der Waals surface area contributed by atoms with Crippen LogP contribution in [0.25, 0.3) is 0 Å². The third-order valence-electron chi connectivity index (χ3n) is 1.08. The lowest BCUT2D eigenvalue weighted by molar-refractivity contribution is 0.992. The summed E-state index contributed by atoms with van der Waals surface area (Å²) >= 11 is 0. The van der Waals surface area contributed by atoms with Gasteiger partial charge in [0, 0.05) is 12.8 Å². The third kappa shape index (κ3) is 6.07. The van der Waals surface area contributed by atoms with E-state index in [4.69, 9.17) is 5.73 Å². The van der Waals surface area contributed by atoms with Gasteiger partial charge in [-0.05, 0) is 18.7 Å². The van der Waals surface area contributed by atoms with Gasteiger partial charge >= 0.3 is 0 Å². The lowest BCUT2D eigenvalue weighted by Gasteiger charge is -1.93. The van der Waals surface area contributed by atoms with Gasteiger partial charge in [0.05, 0.1) is 0 Å². The van der Waals surface area contributed by atoms with E-state index in [0.717, 1.165) is 18.6 Å². The predicted molar refractivity (Wildman–Crippen MR) is 57.0 cm³/mol. The number of allylic oxidation sites excluding steroid dienone is 1. The number of nitrogens with zero attached hydrogens (tertiary/aromatic N) is 1. The normalized spacial score (nSPS) is 11.6. The van der Waals surface area contributed by atoms with Crippen molar-refractivity contribution in [2.45, 2.75) is 19.8 Å². The molecule has 0 aliphatic rings. The molecule has 0 fully saturated rings. The lowest BCUT2D eigenvalue weighted by Crippen LogP contribution is -1.93. The van der Waals surface area contributed by atoms with E-state index in [9.17, 15) is 0 Å². The molecule has 0 radical (unpaired) electrons. The van der Waals surface area contributed by atoms with E-state index in [-0.39, 0.29) is 24.0 Å². The number of halogens is 1. The Morgan fingerprint density at radius 2 is 2.20 bits per heavy atom. The first kappa shape index (κ1) is 12.6. The highest BCUT2D eigenvalue weighted by atomic mass is 127. The fourth-order valence-corrected chi connectivity index (χ4v) is 0.637. The molecule has 0 aliphatic carbocycles. The zero-order valence-electron chi connectivity index (χ0n) is 6.50. The summed E-state index contributed by atoms with van der Waals surface area (Å²) in [4.78, 5) is 4.02. The van der Waals surface area contributed by atoms with E-state index in [1.165, 1.54) is 6.20 Å². The minimum absolute atomic E-state index is 0. The van der Waals surface area contributed by atoms with Crippen LogP contribution in [-0.4, -0.2) is 12.8 Å². The summed E-state index contributed by atoms with van der Waals surface area (Å²) in [5.74, 6) is 0. The molecule has 0 aromatic carbocycles. The molecule has 0 atom stereocenters.